The number of hydrogen-bond donors (Lipinski definition) is 1. The number of nitrogen functional groups attached to an aromatic ring is 1. The van der Waals surface area contributed by atoms with E-state index in [1.807, 2.05) is 6.07 Å². The Balaban J connectivity index is 2.10. The fraction of sp³-hybridized carbons (Fsp3) is 0.571. The summed E-state index contributed by atoms with van der Waals surface area (Å²) in [4.78, 5) is 2.45. The Morgan fingerprint density at radius 3 is 2.53 bits per heavy atom. The molecule has 1 aliphatic heterocycles. The summed E-state index contributed by atoms with van der Waals surface area (Å²) in [6.07, 6.45) is 3.78. The number of hydrogen-bond acceptors (Lipinski definition) is 2. The minimum Gasteiger partial charge on any atom is -0.396 e. The third-order valence-corrected chi connectivity index (χ3v) is 3.81. The van der Waals surface area contributed by atoms with E-state index in [0.717, 1.165) is 12.1 Å². The van der Waals surface area contributed by atoms with E-state index in [2.05, 4.69) is 18.7 Å². The molecular formula is C14H21FN2. The molecule has 2 unspecified atom stereocenters. The van der Waals surface area contributed by atoms with Gasteiger partial charge in [0.2, 0.25) is 0 Å². The zero-order valence-electron chi connectivity index (χ0n) is 10.6. The second kappa shape index (κ2) is 5.05. The van der Waals surface area contributed by atoms with Crippen molar-refractivity contribution in [3.05, 3.63) is 29.6 Å². The highest BCUT2D eigenvalue weighted by molar-refractivity contribution is 5.41. The van der Waals surface area contributed by atoms with Gasteiger partial charge in [0.25, 0.3) is 0 Å². The van der Waals surface area contributed by atoms with Crippen LogP contribution in [0.25, 0.3) is 0 Å². The average molecular weight is 236 g/mol. The molecule has 2 rings (SSSR count). The molecule has 17 heavy (non-hydrogen) atoms. The van der Waals surface area contributed by atoms with Crippen molar-refractivity contribution >= 4 is 5.69 Å². The summed E-state index contributed by atoms with van der Waals surface area (Å²) >= 11 is 0. The number of likely N-dealkylation sites (tertiary alicyclic amines) is 1. The molecule has 94 valence electrons. The molecule has 2 atom stereocenters. The lowest BCUT2D eigenvalue weighted by Gasteiger charge is -2.39. The second-order valence-corrected chi connectivity index (χ2v) is 5.16. The van der Waals surface area contributed by atoms with Crippen LogP contribution in [0, 0.1) is 5.82 Å². The monoisotopic (exact) mass is 236 g/mol. The Morgan fingerprint density at radius 2 is 1.94 bits per heavy atom. The Labute approximate surface area is 103 Å². The van der Waals surface area contributed by atoms with Gasteiger partial charge in [-0.3, -0.25) is 4.90 Å². The molecular weight excluding hydrogens is 215 g/mol. The van der Waals surface area contributed by atoms with Crippen LogP contribution in [0.5, 0.6) is 0 Å². The van der Waals surface area contributed by atoms with Crippen LogP contribution in [0.1, 0.15) is 38.7 Å². The van der Waals surface area contributed by atoms with Crippen molar-refractivity contribution in [3.8, 4) is 0 Å². The molecule has 2 nitrogen and oxygen atoms in total. The van der Waals surface area contributed by atoms with Crippen molar-refractivity contribution in [2.75, 3.05) is 5.73 Å². The Bertz CT molecular complexity index is 382. The van der Waals surface area contributed by atoms with Gasteiger partial charge in [-0.15, -0.1) is 0 Å². The smallest absolute Gasteiger partial charge is 0.146 e. The fourth-order valence-electron chi connectivity index (χ4n) is 2.67. The molecule has 1 fully saturated rings. The summed E-state index contributed by atoms with van der Waals surface area (Å²) in [6.45, 7) is 5.33. The molecule has 0 radical (unpaired) electrons. The van der Waals surface area contributed by atoms with Gasteiger partial charge >= 0.3 is 0 Å². The van der Waals surface area contributed by atoms with Crippen LogP contribution in [-0.4, -0.2) is 17.0 Å². The first-order valence-corrected chi connectivity index (χ1v) is 6.37. The number of anilines is 1. The quantitative estimate of drug-likeness (QED) is 0.799. The fourth-order valence-corrected chi connectivity index (χ4v) is 2.67. The Kier molecular flexibility index (Phi) is 3.67. The summed E-state index contributed by atoms with van der Waals surface area (Å²) in [5.41, 5.74) is 6.73. The first-order chi connectivity index (χ1) is 8.08. The lowest BCUT2D eigenvalue weighted by molar-refractivity contribution is 0.0952. The first-order valence-electron chi connectivity index (χ1n) is 6.37. The van der Waals surface area contributed by atoms with E-state index in [1.165, 1.54) is 19.3 Å². The van der Waals surface area contributed by atoms with E-state index in [9.17, 15) is 4.39 Å². The van der Waals surface area contributed by atoms with Crippen LogP contribution in [-0.2, 0) is 6.54 Å². The maximum Gasteiger partial charge on any atom is 0.146 e. The van der Waals surface area contributed by atoms with Gasteiger partial charge in [0.05, 0.1) is 5.69 Å². The summed E-state index contributed by atoms with van der Waals surface area (Å²) < 4.78 is 13.4. The predicted octanol–water partition coefficient (Wildman–Crippen LogP) is 3.17. The summed E-state index contributed by atoms with van der Waals surface area (Å²) in [5, 5.41) is 0. The van der Waals surface area contributed by atoms with Crippen molar-refractivity contribution in [2.24, 2.45) is 0 Å². The van der Waals surface area contributed by atoms with Crippen molar-refractivity contribution in [1.29, 1.82) is 0 Å². The van der Waals surface area contributed by atoms with Gasteiger partial charge in [-0.05, 0) is 44.4 Å². The van der Waals surface area contributed by atoms with E-state index in [4.69, 9.17) is 5.73 Å². The van der Waals surface area contributed by atoms with Gasteiger partial charge in [0.1, 0.15) is 5.82 Å². The standard InChI is InChI=1S/C14H21FN2/c1-10-4-3-5-11(2)17(10)9-12-6-7-14(16)13(15)8-12/h6-8,10-11H,3-5,9,16H2,1-2H3. The lowest BCUT2D eigenvalue weighted by atomic mass is 9.96. The van der Waals surface area contributed by atoms with Crippen molar-refractivity contribution in [2.45, 2.75) is 51.7 Å². The van der Waals surface area contributed by atoms with E-state index >= 15 is 0 Å². The van der Waals surface area contributed by atoms with Crippen LogP contribution >= 0.6 is 0 Å². The number of nitrogens with two attached hydrogens (primary N) is 1. The topological polar surface area (TPSA) is 29.3 Å². The molecule has 3 heteroatoms. The minimum absolute atomic E-state index is 0.230. The highest BCUT2D eigenvalue weighted by Gasteiger charge is 2.24. The highest BCUT2D eigenvalue weighted by Crippen LogP contribution is 2.25. The molecule has 0 saturated carbocycles. The molecule has 0 aromatic heterocycles. The van der Waals surface area contributed by atoms with E-state index in [0.29, 0.717) is 12.1 Å². The molecule has 1 aromatic carbocycles. The zero-order chi connectivity index (χ0) is 12.4. The first kappa shape index (κ1) is 12.4. The number of piperidine rings is 1. The van der Waals surface area contributed by atoms with Crippen molar-refractivity contribution in [1.82, 2.24) is 4.90 Å². The molecule has 1 heterocycles. The minimum atomic E-state index is -0.306. The van der Waals surface area contributed by atoms with E-state index < -0.39 is 0 Å². The maximum absolute atomic E-state index is 13.4. The Morgan fingerprint density at radius 1 is 1.29 bits per heavy atom. The molecule has 1 aliphatic rings. The van der Waals surface area contributed by atoms with Crippen LogP contribution in [0.15, 0.2) is 18.2 Å². The largest absolute Gasteiger partial charge is 0.396 e. The van der Waals surface area contributed by atoms with Crippen molar-refractivity contribution < 1.29 is 4.39 Å². The zero-order valence-corrected chi connectivity index (χ0v) is 10.6. The third kappa shape index (κ3) is 2.78. The number of halogens is 1. The van der Waals surface area contributed by atoms with E-state index in [1.54, 1.807) is 12.1 Å². The summed E-state index contributed by atoms with van der Waals surface area (Å²) in [7, 11) is 0. The second-order valence-electron chi connectivity index (χ2n) is 5.16. The summed E-state index contributed by atoms with van der Waals surface area (Å²) in [5.74, 6) is -0.306. The van der Waals surface area contributed by atoms with Gasteiger partial charge < -0.3 is 5.73 Å². The van der Waals surface area contributed by atoms with Gasteiger partial charge in [-0.25, -0.2) is 4.39 Å². The van der Waals surface area contributed by atoms with Crippen LogP contribution < -0.4 is 5.73 Å². The van der Waals surface area contributed by atoms with E-state index in [-0.39, 0.29) is 11.5 Å². The molecule has 0 aliphatic carbocycles. The lowest BCUT2D eigenvalue weighted by Crippen LogP contribution is -2.42. The van der Waals surface area contributed by atoms with Crippen LogP contribution in [0.4, 0.5) is 10.1 Å². The molecule has 2 N–H and O–H groups in total. The average Bonchev–Trinajstić information content (AvgIpc) is 2.28. The molecule has 0 spiro atoms. The van der Waals surface area contributed by atoms with Gasteiger partial charge in [-0.2, -0.15) is 0 Å². The van der Waals surface area contributed by atoms with Gasteiger partial charge in [0, 0.05) is 18.6 Å². The van der Waals surface area contributed by atoms with Crippen LogP contribution in [0.3, 0.4) is 0 Å². The van der Waals surface area contributed by atoms with Gasteiger partial charge in [-0.1, -0.05) is 12.5 Å². The maximum atomic E-state index is 13.4. The third-order valence-electron chi connectivity index (χ3n) is 3.81. The molecule has 0 amide bonds. The van der Waals surface area contributed by atoms with Gasteiger partial charge in [0.15, 0.2) is 0 Å². The van der Waals surface area contributed by atoms with Crippen LogP contribution in [0.2, 0.25) is 0 Å². The molecule has 1 aromatic rings. The highest BCUT2D eigenvalue weighted by atomic mass is 19.1. The number of nitrogens with zero attached hydrogens (tertiary/aromatic N) is 1. The predicted molar refractivity (Wildman–Crippen MR) is 69.1 cm³/mol. The SMILES string of the molecule is CC1CCCC(C)N1Cc1ccc(N)c(F)c1. The summed E-state index contributed by atoms with van der Waals surface area (Å²) in [6, 6.07) is 6.30. The van der Waals surface area contributed by atoms with Crippen molar-refractivity contribution in [3.63, 3.8) is 0 Å². The molecule has 0 bridgehead atoms. The molecule has 1 saturated heterocycles. The Hall–Kier alpha value is -1.09. The number of rotatable bonds is 2. The normalized spacial score (nSPS) is 26.1. The number of benzene rings is 1.